The molecule has 6 nitrogen and oxygen atoms in total. The fraction of sp³-hybridized carbons (Fsp3) is 0.136. The number of para-hydroxylation sites is 1. The molecule has 0 saturated heterocycles. The van der Waals surface area contributed by atoms with E-state index < -0.39 is 22.0 Å². The van der Waals surface area contributed by atoms with Crippen LogP contribution in [-0.2, 0) is 14.8 Å². The molecule has 0 spiro atoms. The number of nitrogens with zero attached hydrogens (tertiary/aromatic N) is 1. The number of nitrogens with one attached hydrogen (secondary N) is 1. The number of carbonyl (C=O) groups excluding carboxylic acids is 1. The van der Waals surface area contributed by atoms with E-state index in [4.69, 9.17) is 16.0 Å². The lowest BCUT2D eigenvalue weighted by molar-refractivity contribution is -0.116. The van der Waals surface area contributed by atoms with Gasteiger partial charge >= 0.3 is 0 Å². The number of hydrogen-bond donors (Lipinski definition) is 1. The summed E-state index contributed by atoms with van der Waals surface area (Å²) >= 11 is 6.01. The van der Waals surface area contributed by atoms with E-state index in [1.165, 1.54) is 13.0 Å². The molecule has 1 N–H and O–H groups in total. The summed E-state index contributed by atoms with van der Waals surface area (Å²) < 4.78 is 31.7. The van der Waals surface area contributed by atoms with Crippen molar-refractivity contribution >= 4 is 60.8 Å². The topological polar surface area (TPSA) is 79.6 Å². The van der Waals surface area contributed by atoms with Crippen LogP contribution in [-0.4, -0.2) is 26.6 Å². The van der Waals surface area contributed by atoms with Gasteiger partial charge in [0.25, 0.3) is 0 Å². The number of fused-ring (bicyclic) bond motifs is 3. The van der Waals surface area contributed by atoms with Crippen molar-refractivity contribution in [1.82, 2.24) is 0 Å². The van der Waals surface area contributed by atoms with Crippen LogP contribution in [0.25, 0.3) is 21.9 Å². The third kappa shape index (κ3) is 3.86. The molecule has 30 heavy (non-hydrogen) atoms. The first-order chi connectivity index (χ1) is 14.2. The summed E-state index contributed by atoms with van der Waals surface area (Å²) in [4.78, 5) is 12.9. The van der Waals surface area contributed by atoms with Gasteiger partial charge in [-0.3, -0.25) is 9.10 Å². The number of hydrogen-bond acceptors (Lipinski definition) is 4. The highest BCUT2D eigenvalue weighted by Gasteiger charge is 2.29. The maximum Gasteiger partial charge on any atom is 0.247 e. The second-order valence-electron chi connectivity index (χ2n) is 7.01. The molecule has 1 amide bonds. The second kappa shape index (κ2) is 7.66. The zero-order valence-electron chi connectivity index (χ0n) is 16.3. The Bertz CT molecular complexity index is 1360. The number of anilines is 2. The van der Waals surface area contributed by atoms with Crippen LogP contribution < -0.4 is 9.62 Å². The second-order valence-corrected chi connectivity index (χ2v) is 9.31. The van der Waals surface area contributed by atoms with Gasteiger partial charge in [0.15, 0.2) is 0 Å². The first-order valence-corrected chi connectivity index (χ1v) is 11.4. The van der Waals surface area contributed by atoms with Gasteiger partial charge in [0.1, 0.15) is 17.2 Å². The van der Waals surface area contributed by atoms with Crippen molar-refractivity contribution in [3.05, 3.63) is 71.8 Å². The number of furan rings is 1. The van der Waals surface area contributed by atoms with Crippen LogP contribution in [0, 0.1) is 0 Å². The summed E-state index contributed by atoms with van der Waals surface area (Å²) in [6, 6.07) is 18.4. The number of amides is 1. The van der Waals surface area contributed by atoms with Crippen LogP contribution in [0.5, 0.6) is 0 Å². The summed E-state index contributed by atoms with van der Waals surface area (Å²) in [6.45, 7) is 1.52. The Kier molecular flexibility index (Phi) is 5.17. The summed E-state index contributed by atoms with van der Waals surface area (Å²) in [5.74, 6) is -0.476. The molecule has 4 rings (SSSR count). The predicted octanol–water partition coefficient (Wildman–Crippen LogP) is 5.03. The average Bonchev–Trinajstić information content (AvgIpc) is 3.04. The van der Waals surface area contributed by atoms with E-state index in [9.17, 15) is 13.2 Å². The molecule has 0 radical (unpaired) electrons. The van der Waals surface area contributed by atoms with Crippen molar-refractivity contribution in [2.24, 2.45) is 0 Å². The maximum atomic E-state index is 12.9. The molecule has 154 valence electrons. The van der Waals surface area contributed by atoms with E-state index in [2.05, 4.69) is 5.32 Å². The third-order valence-corrected chi connectivity index (χ3v) is 6.27. The fourth-order valence-corrected chi connectivity index (χ4v) is 4.82. The lowest BCUT2D eigenvalue weighted by atomic mass is 10.1. The van der Waals surface area contributed by atoms with Gasteiger partial charge in [0, 0.05) is 27.5 Å². The van der Waals surface area contributed by atoms with Crippen molar-refractivity contribution in [2.45, 2.75) is 13.0 Å². The zero-order valence-corrected chi connectivity index (χ0v) is 17.9. The van der Waals surface area contributed by atoms with E-state index in [-0.39, 0.29) is 0 Å². The zero-order chi connectivity index (χ0) is 21.5. The summed E-state index contributed by atoms with van der Waals surface area (Å²) in [6.07, 6.45) is 1.05. The normalized spacial score (nSPS) is 12.8. The number of halogens is 1. The number of rotatable bonds is 5. The minimum absolute atomic E-state index is 0.320. The Labute approximate surface area is 179 Å². The molecule has 3 aromatic carbocycles. The largest absolute Gasteiger partial charge is 0.456 e. The van der Waals surface area contributed by atoms with Gasteiger partial charge in [-0.05, 0) is 43.3 Å². The predicted molar refractivity (Wildman–Crippen MR) is 121 cm³/mol. The van der Waals surface area contributed by atoms with E-state index in [0.717, 1.165) is 26.9 Å². The summed E-state index contributed by atoms with van der Waals surface area (Å²) in [7, 11) is -3.73. The molecule has 0 saturated carbocycles. The van der Waals surface area contributed by atoms with Gasteiger partial charge in [-0.15, -0.1) is 0 Å². The fourth-order valence-electron chi connectivity index (χ4n) is 3.47. The Balaban J connectivity index is 1.63. The van der Waals surface area contributed by atoms with Crippen LogP contribution in [0.2, 0.25) is 5.02 Å². The molecule has 0 bridgehead atoms. The van der Waals surface area contributed by atoms with Crippen LogP contribution >= 0.6 is 11.6 Å². The first-order valence-electron chi connectivity index (χ1n) is 9.21. The maximum absolute atomic E-state index is 12.9. The lowest BCUT2D eigenvalue weighted by Gasteiger charge is -2.28. The van der Waals surface area contributed by atoms with Crippen LogP contribution in [0.3, 0.4) is 0 Å². The van der Waals surface area contributed by atoms with Gasteiger partial charge in [0.2, 0.25) is 15.9 Å². The average molecular weight is 443 g/mol. The SMILES string of the molecule is C[C@@H](C(=O)Nc1ccc2c(c1)oc1ccccc12)N(c1cccc(Cl)c1)S(C)(=O)=O. The third-order valence-electron chi connectivity index (χ3n) is 4.80. The quantitative estimate of drug-likeness (QED) is 0.470. The molecule has 1 atom stereocenters. The molecule has 0 unspecified atom stereocenters. The van der Waals surface area contributed by atoms with Crippen molar-refractivity contribution in [3.63, 3.8) is 0 Å². The highest BCUT2D eigenvalue weighted by Crippen LogP contribution is 2.31. The van der Waals surface area contributed by atoms with E-state index >= 15 is 0 Å². The smallest absolute Gasteiger partial charge is 0.247 e. The molecule has 1 heterocycles. The Morgan fingerprint density at radius 2 is 1.73 bits per heavy atom. The molecule has 8 heteroatoms. The Morgan fingerprint density at radius 3 is 2.47 bits per heavy atom. The van der Waals surface area contributed by atoms with Crippen molar-refractivity contribution in [2.75, 3.05) is 15.9 Å². The monoisotopic (exact) mass is 442 g/mol. The minimum Gasteiger partial charge on any atom is -0.456 e. The molecule has 0 fully saturated rings. The van der Waals surface area contributed by atoms with Crippen LogP contribution in [0.4, 0.5) is 11.4 Å². The van der Waals surface area contributed by atoms with Crippen molar-refractivity contribution < 1.29 is 17.6 Å². The molecule has 4 aromatic rings. The lowest BCUT2D eigenvalue weighted by Crippen LogP contribution is -2.45. The highest BCUT2D eigenvalue weighted by atomic mass is 35.5. The van der Waals surface area contributed by atoms with Gasteiger partial charge in [-0.25, -0.2) is 8.42 Å². The van der Waals surface area contributed by atoms with Gasteiger partial charge in [-0.2, -0.15) is 0 Å². The molecule has 1 aromatic heterocycles. The number of benzene rings is 3. The van der Waals surface area contributed by atoms with Crippen LogP contribution in [0.15, 0.2) is 71.1 Å². The van der Waals surface area contributed by atoms with E-state index in [1.54, 1.807) is 30.3 Å². The van der Waals surface area contributed by atoms with Gasteiger partial charge in [-0.1, -0.05) is 35.9 Å². The van der Waals surface area contributed by atoms with Gasteiger partial charge in [0.05, 0.1) is 11.9 Å². The molecular weight excluding hydrogens is 424 g/mol. The van der Waals surface area contributed by atoms with E-state index in [0.29, 0.717) is 22.0 Å². The Hall–Kier alpha value is -3.03. The number of sulfonamides is 1. The van der Waals surface area contributed by atoms with E-state index in [1.807, 2.05) is 30.3 Å². The molecule has 0 aliphatic heterocycles. The number of carbonyl (C=O) groups is 1. The standard InChI is InChI=1S/C22H19ClN2O4S/c1-14(25(30(2,27)28)17-7-5-6-15(23)12-17)22(26)24-16-10-11-19-18-8-3-4-9-20(18)29-21(19)13-16/h3-14H,1-2H3,(H,24,26)/t14-/m0/s1. The highest BCUT2D eigenvalue weighted by molar-refractivity contribution is 7.92. The Morgan fingerprint density at radius 1 is 1.00 bits per heavy atom. The molecular formula is C22H19ClN2O4S. The molecule has 0 aliphatic carbocycles. The van der Waals surface area contributed by atoms with Crippen LogP contribution in [0.1, 0.15) is 6.92 Å². The molecule has 0 aliphatic rings. The van der Waals surface area contributed by atoms with Gasteiger partial charge < -0.3 is 9.73 Å². The van der Waals surface area contributed by atoms with Crippen molar-refractivity contribution in [3.8, 4) is 0 Å². The van der Waals surface area contributed by atoms with Crippen molar-refractivity contribution in [1.29, 1.82) is 0 Å². The first kappa shape index (κ1) is 20.3. The minimum atomic E-state index is -3.73. The summed E-state index contributed by atoms with van der Waals surface area (Å²) in [5.41, 5.74) is 2.23. The summed E-state index contributed by atoms with van der Waals surface area (Å²) in [5, 5.41) is 5.08.